The lowest BCUT2D eigenvalue weighted by Crippen LogP contribution is -3.07. The number of benzene rings is 1. The first kappa shape index (κ1) is 18.9. The maximum absolute atomic E-state index is 4.95. The van der Waals surface area contributed by atoms with E-state index >= 15 is 0 Å². The van der Waals surface area contributed by atoms with Gasteiger partial charge in [0.05, 0.1) is 26.3 Å². The van der Waals surface area contributed by atoms with Crippen LogP contribution in [0.4, 0.5) is 5.82 Å². The lowest BCUT2D eigenvalue weighted by atomic mass is 9.93. The molecule has 3 aromatic rings. The molecule has 1 aliphatic rings. The van der Waals surface area contributed by atoms with E-state index in [2.05, 4.69) is 70.5 Å². The molecule has 2 aromatic heterocycles. The molecule has 0 atom stereocenters. The Kier molecular flexibility index (Phi) is 4.88. The summed E-state index contributed by atoms with van der Waals surface area (Å²) in [4.78, 5) is 6.40. The number of aryl methyl sites for hydroxylation is 2. The Morgan fingerprint density at radius 1 is 1.18 bits per heavy atom. The molecule has 2 heterocycles. The molecule has 0 fully saturated rings. The second kappa shape index (κ2) is 7.21. The van der Waals surface area contributed by atoms with Crippen molar-refractivity contribution in [1.82, 2.24) is 14.6 Å². The second-order valence-corrected chi connectivity index (χ2v) is 9.31. The van der Waals surface area contributed by atoms with Gasteiger partial charge in [-0.2, -0.15) is 9.61 Å². The monoisotopic (exact) mass is 378 g/mol. The average Bonchev–Trinajstić information content (AvgIpc) is 3.23. The first-order valence-corrected chi connectivity index (χ1v) is 10.3. The number of fused-ring (bicyclic) bond motifs is 2. The molecule has 0 spiro atoms. The highest BCUT2D eigenvalue weighted by molar-refractivity contribution is 5.67. The lowest BCUT2D eigenvalue weighted by molar-refractivity contribution is -0.865. The fraction of sp³-hybridized carbons (Fsp3) is 0.478. The lowest BCUT2D eigenvalue weighted by Gasteiger charge is -2.27. The molecule has 1 aromatic carbocycles. The van der Waals surface area contributed by atoms with E-state index in [-0.39, 0.29) is 5.41 Å². The molecular weight excluding hydrogens is 346 g/mol. The molecule has 2 N–H and O–H groups in total. The Bertz CT molecular complexity index is 1000. The quantitative estimate of drug-likeness (QED) is 0.693. The minimum atomic E-state index is 0.201. The van der Waals surface area contributed by atoms with Crippen molar-refractivity contribution >= 4 is 11.5 Å². The summed E-state index contributed by atoms with van der Waals surface area (Å²) in [5.74, 6) is 1.14. The van der Waals surface area contributed by atoms with Crippen LogP contribution >= 0.6 is 0 Å². The molecule has 28 heavy (non-hydrogen) atoms. The van der Waals surface area contributed by atoms with Crippen molar-refractivity contribution in [3.05, 3.63) is 47.2 Å². The number of hydrogen-bond acceptors (Lipinski definition) is 3. The molecule has 5 nitrogen and oxygen atoms in total. The van der Waals surface area contributed by atoms with Gasteiger partial charge in [0.1, 0.15) is 5.82 Å². The molecule has 148 valence electrons. The molecule has 0 unspecified atom stereocenters. The summed E-state index contributed by atoms with van der Waals surface area (Å²) in [5, 5.41) is 8.71. The highest BCUT2D eigenvalue weighted by Gasteiger charge is 2.25. The minimum Gasteiger partial charge on any atom is -0.369 e. The highest BCUT2D eigenvalue weighted by Crippen LogP contribution is 2.31. The Morgan fingerprint density at radius 2 is 2.00 bits per heavy atom. The van der Waals surface area contributed by atoms with E-state index < -0.39 is 0 Å². The Morgan fingerprint density at radius 3 is 2.75 bits per heavy atom. The van der Waals surface area contributed by atoms with Crippen LogP contribution in [0.5, 0.6) is 0 Å². The van der Waals surface area contributed by atoms with E-state index in [1.54, 1.807) is 0 Å². The van der Waals surface area contributed by atoms with E-state index in [1.807, 2.05) is 4.52 Å². The third kappa shape index (κ3) is 3.76. The summed E-state index contributed by atoms with van der Waals surface area (Å²) < 4.78 is 2.03. The van der Waals surface area contributed by atoms with Crippen molar-refractivity contribution in [3.8, 4) is 11.3 Å². The van der Waals surface area contributed by atoms with Crippen molar-refractivity contribution in [3.63, 3.8) is 0 Å². The molecule has 4 rings (SSSR count). The van der Waals surface area contributed by atoms with Gasteiger partial charge in [-0.1, -0.05) is 37.6 Å². The van der Waals surface area contributed by atoms with Gasteiger partial charge in [0.2, 0.25) is 0 Å². The predicted octanol–water partition coefficient (Wildman–Crippen LogP) is 2.78. The van der Waals surface area contributed by atoms with E-state index in [0.29, 0.717) is 0 Å². The maximum atomic E-state index is 4.95. The smallest absolute Gasteiger partial charge is 0.158 e. The first-order valence-electron chi connectivity index (χ1n) is 10.3. The van der Waals surface area contributed by atoms with Gasteiger partial charge in [-0.3, -0.25) is 0 Å². The molecule has 0 aliphatic heterocycles. The second-order valence-electron chi connectivity index (χ2n) is 9.31. The Hall–Kier alpha value is -2.40. The van der Waals surface area contributed by atoms with Crippen LogP contribution in [0.25, 0.3) is 16.9 Å². The molecule has 0 saturated carbocycles. The van der Waals surface area contributed by atoms with Gasteiger partial charge in [0, 0.05) is 34.8 Å². The van der Waals surface area contributed by atoms with Crippen molar-refractivity contribution in [2.45, 2.75) is 40.0 Å². The van der Waals surface area contributed by atoms with Crippen molar-refractivity contribution in [2.24, 2.45) is 5.41 Å². The maximum Gasteiger partial charge on any atom is 0.158 e. The third-order valence-electron chi connectivity index (χ3n) is 5.51. The topological polar surface area (TPSA) is 46.7 Å². The van der Waals surface area contributed by atoms with Gasteiger partial charge < -0.3 is 10.2 Å². The summed E-state index contributed by atoms with van der Waals surface area (Å²) in [6.45, 7) is 8.81. The van der Waals surface area contributed by atoms with Crippen LogP contribution in [-0.2, 0) is 12.8 Å². The van der Waals surface area contributed by atoms with Crippen LogP contribution in [0.15, 0.2) is 30.3 Å². The van der Waals surface area contributed by atoms with Crippen molar-refractivity contribution in [1.29, 1.82) is 0 Å². The molecular formula is C23H32N5+. The minimum absolute atomic E-state index is 0.201. The van der Waals surface area contributed by atoms with Crippen LogP contribution < -0.4 is 10.2 Å². The van der Waals surface area contributed by atoms with Crippen molar-refractivity contribution < 1.29 is 4.90 Å². The number of quaternary nitrogens is 1. The SMILES string of the molecule is Cc1cccc(-c2cc3nc4c(c(NCC(C)(C)C[NH+](C)C)n3n2)CCC4)c1. The van der Waals surface area contributed by atoms with Crippen LogP contribution in [0, 0.1) is 12.3 Å². The Labute approximate surface area is 167 Å². The molecule has 0 bridgehead atoms. The van der Waals surface area contributed by atoms with E-state index in [1.165, 1.54) is 28.1 Å². The van der Waals surface area contributed by atoms with Gasteiger partial charge in [-0.15, -0.1) is 0 Å². The van der Waals surface area contributed by atoms with E-state index in [0.717, 1.165) is 48.7 Å². The standard InChI is InChI=1S/C23H31N5/c1-16-8-6-9-17(12-16)20-13-21-25-19-11-7-10-18(19)22(28(21)26-20)24-14-23(2,3)15-27(4)5/h6,8-9,12-13,24H,7,10-11,14-15H2,1-5H3/p+1. The third-order valence-corrected chi connectivity index (χ3v) is 5.51. The number of aromatic nitrogens is 3. The fourth-order valence-electron chi connectivity index (χ4n) is 4.46. The van der Waals surface area contributed by atoms with Gasteiger partial charge in [0.15, 0.2) is 5.65 Å². The summed E-state index contributed by atoms with van der Waals surface area (Å²) in [6, 6.07) is 10.6. The summed E-state index contributed by atoms with van der Waals surface area (Å²) in [7, 11) is 4.43. The van der Waals surface area contributed by atoms with Gasteiger partial charge in [-0.05, 0) is 32.3 Å². The predicted molar refractivity (Wildman–Crippen MR) is 115 cm³/mol. The van der Waals surface area contributed by atoms with Crippen LogP contribution in [0.1, 0.15) is 37.1 Å². The number of nitrogens with zero attached hydrogens (tertiary/aromatic N) is 3. The molecule has 1 aliphatic carbocycles. The number of nitrogens with one attached hydrogen (secondary N) is 2. The fourth-order valence-corrected chi connectivity index (χ4v) is 4.46. The molecule has 0 saturated heterocycles. The summed E-state index contributed by atoms with van der Waals surface area (Å²) >= 11 is 0. The summed E-state index contributed by atoms with van der Waals surface area (Å²) in [6.07, 6.45) is 3.33. The first-order chi connectivity index (χ1) is 13.3. The van der Waals surface area contributed by atoms with Crippen LogP contribution in [0.2, 0.25) is 0 Å². The van der Waals surface area contributed by atoms with Crippen LogP contribution in [-0.4, -0.2) is 41.8 Å². The molecule has 0 amide bonds. The highest BCUT2D eigenvalue weighted by atomic mass is 15.3. The number of hydrogen-bond donors (Lipinski definition) is 2. The van der Waals surface area contributed by atoms with Gasteiger partial charge >= 0.3 is 0 Å². The normalized spacial score (nSPS) is 14.1. The zero-order chi connectivity index (χ0) is 19.9. The largest absolute Gasteiger partial charge is 0.369 e. The van der Waals surface area contributed by atoms with E-state index in [4.69, 9.17) is 10.1 Å². The zero-order valence-corrected chi connectivity index (χ0v) is 17.8. The molecule has 0 radical (unpaired) electrons. The summed E-state index contributed by atoms with van der Waals surface area (Å²) in [5.41, 5.74) is 7.10. The Balaban J connectivity index is 1.74. The molecule has 5 heteroatoms. The van der Waals surface area contributed by atoms with Crippen molar-refractivity contribution in [2.75, 3.05) is 32.5 Å². The van der Waals surface area contributed by atoms with Crippen LogP contribution in [0.3, 0.4) is 0 Å². The van der Waals surface area contributed by atoms with Gasteiger partial charge in [0.25, 0.3) is 0 Å². The zero-order valence-electron chi connectivity index (χ0n) is 17.8. The average molecular weight is 379 g/mol. The van der Waals surface area contributed by atoms with Gasteiger partial charge in [-0.25, -0.2) is 4.98 Å². The van der Waals surface area contributed by atoms with E-state index in [9.17, 15) is 0 Å². The number of rotatable bonds is 6. The number of anilines is 1.